The lowest BCUT2D eigenvalue weighted by Gasteiger charge is -2.42. The Kier molecular flexibility index (Phi) is 4.92. The summed E-state index contributed by atoms with van der Waals surface area (Å²) in [5.41, 5.74) is 0.908. The Balaban J connectivity index is 2.29. The average Bonchev–Trinajstić information content (AvgIpc) is 2.39. The van der Waals surface area contributed by atoms with Crippen LogP contribution in [0, 0.1) is 11.8 Å². The van der Waals surface area contributed by atoms with E-state index in [1.54, 1.807) is 0 Å². The van der Waals surface area contributed by atoms with Crippen LogP contribution in [-0.4, -0.2) is 23.7 Å². The van der Waals surface area contributed by atoms with Gasteiger partial charge in [-0.25, -0.2) is 0 Å². The maximum absolute atomic E-state index is 11.2. The lowest BCUT2D eigenvalue weighted by molar-refractivity contribution is -0.135. The van der Waals surface area contributed by atoms with Gasteiger partial charge in [-0.05, 0) is 36.5 Å². The number of carboxylic acids is 1. The van der Waals surface area contributed by atoms with Crippen LogP contribution in [0.4, 0.5) is 5.69 Å². The van der Waals surface area contributed by atoms with Gasteiger partial charge in [-0.1, -0.05) is 44.4 Å². The highest BCUT2D eigenvalue weighted by molar-refractivity contribution is 6.30. The molecular weight excluding hydrogens is 274 g/mol. The minimum Gasteiger partial charge on any atom is -0.480 e. The number of benzene rings is 1. The first-order chi connectivity index (χ1) is 9.49. The van der Waals surface area contributed by atoms with E-state index in [2.05, 4.69) is 13.8 Å². The van der Waals surface area contributed by atoms with Crippen LogP contribution < -0.4 is 4.90 Å². The molecule has 0 amide bonds. The van der Waals surface area contributed by atoms with Crippen molar-refractivity contribution in [2.75, 3.05) is 11.4 Å². The number of anilines is 1. The topological polar surface area (TPSA) is 40.5 Å². The maximum Gasteiger partial charge on any atom is 0.323 e. The molecule has 0 aliphatic heterocycles. The van der Waals surface area contributed by atoms with Crippen LogP contribution in [0.5, 0.6) is 0 Å². The van der Waals surface area contributed by atoms with Crippen LogP contribution in [-0.2, 0) is 4.79 Å². The Labute approximate surface area is 125 Å². The minimum absolute atomic E-state index is 0.0298. The van der Waals surface area contributed by atoms with Crippen LogP contribution in [0.1, 0.15) is 33.1 Å². The second-order valence-corrected chi connectivity index (χ2v) is 6.27. The SMILES string of the molecule is CC1CCCC(N(CC(=O)O)c2cccc(Cl)c2)C1C. The highest BCUT2D eigenvalue weighted by Gasteiger charge is 2.32. The van der Waals surface area contributed by atoms with E-state index in [9.17, 15) is 9.90 Å². The summed E-state index contributed by atoms with van der Waals surface area (Å²) in [6, 6.07) is 7.77. The molecule has 20 heavy (non-hydrogen) atoms. The highest BCUT2D eigenvalue weighted by atomic mass is 35.5. The van der Waals surface area contributed by atoms with Crippen molar-refractivity contribution in [3.63, 3.8) is 0 Å². The summed E-state index contributed by atoms with van der Waals surface area (Å²) in [5.74, 6) is 0.321. The van der Waals surface area contributed by atoms with Crippen molar-refractivity contribution in [3.05, 3.63) is 29.3 Å². The lowest BCUT2D eigenvalue weighted by Crippen LogP contribution is -2.46. The molecule has 2 rings (SSSR count). The Hall–Kier alpha value is -1.22. The van der Waals surface area contributed by atoms with Crippen molar-refractivity contribution >= 4 is 23.3 Å². The normalized spacial score (nSPS) is 26.2. The van der Waals surface area contributed by atoms with Crippen LogP contribution in [0.15, 0.2) is 24.3 Å². The van der Waals surface area contributed by atoms with E-state index in [1.165, 1.54) is 6.42 Å². The fourth-order valence-corrected chi connectivity index (χ4v) is 3.38. The van der Waals surface area contributed by atoms with Gasteiger partial charge in [0.05, 0.1) is 0 Å². The van der Waals surface area contributed by atoms with Crippen LogP contribution in [0.2, 0.25) is 5.02 Å². The quantitative estimate of drug-likeness (QED) is 0.911. The van der Waals surface area contributed by atoms with E-state index < -0.39 is 5.97 Å². The van der Waals surface area contributed by atoms with E-state index in [0.717, 1.165) is 18.5 Å². The van der Waals surface area contributed by atoms with Gasteiger partial charge < -0.3 is 10.0 Å². The summed E-state index contributed by atoms with van der Waals surface area (Å²) in [4.78, 5) is 13.2. The van der Waals surface area contributed by atoms with Crippen molar-refractivity contribution in [1.29, 1.82) is 0 Å². The number of carboxylic acid groups (broad SMARTS) is 1. The predicted molar refractivity (Wildman–Crippen MR) is 82.4 cm³/mol. The molecule has 1 fully saturated rings. The molecule has 1 N–H and O–H groups in total. The van der Waals surface area contributed by atoms with Crippen LogP contribution >= 0.6 is 11.6 Å². The van der Waals surface area contributed by atoms with Gasteiger partial charge in [-0.2, -0.15) is 0 Å². The molecule has 0 spiro atoms. The van der Waals surface area contributed by atoms with Gasteiger partial charge in [0.2, 0.25) is 0 Å². The van der Waals surface area contributed by atoms with Gasteiger partial charge in [0.15, 0.2) is 0 Å². The number of aliphatic carboxylic acids is 1. The smallest absolute Gasteiger partial charge is 0.323 e. The number of nitrogens with zero attached hydrogens (tertiary/aromatic N) is 1. The molecule has 4 heteroatoms. The zero-order valence-electron chi connectivity index (χ0n) is 12.1. The predicted octanol–water partition coefficient (Wildman–Crippen LogP) is 4.06. The molecule has 1 aliphatic rings. The molecule has 3 unspecified atom stereocenters. The Bertz CT molecular complexity index is 477. The summed E-state index contributed by atoms with van der Waals surface area (Å²) in [7, 11) is 0. The third kappa shape index (κ3) is 3.45. The van der Waals surface area contributed by atoms with Crippen molar-refractivity contribution in [1.82, 2.24) is 0 Å². The third-order valence-corrected chi connectivity index (χ3v) is 4.74. The van der Waals surface area contributed by atoms with Crippen molar-refractivity contribution in [3.8, 4) is 0 Å². The number of hydrogen-bond acceptors (Lipinski definition) is 2. The molecule has 3 nitrogen and oxygen atoms in total. The number of hydrogen-bond donors (Lipinski definition) is 1. The van der Waals surface area contributed by atoms with E-state index >= 15 is 0 Å². The molecule has 1 aliphatic carbocycles. The molecule has 0 saturated heterocycles. The van der Waals surface area contributed by atoms with Gasteiger partial charge in [-0.3, -0.25) is 4.79 Å². The standard InChI is InChI=1S/C16H22ClNO2/c1-11-5-3-8-15(12(11)2)18(10-16(19)20)14-7-4-6-13(17)9-14/h4,6-7,9,11-12,15H,3,5,8,10H2,1-2H3,(H,19,20). The van der Waals surface area contributed by atoms with E-state index in [4.69, 9.17) is 11.6 Å². The number of carbonyl (C=O) groups is 1. The molecular formula is C16H22ClNO2. The summed E-state index contributed by atoms with van der Waals surface area (Å²) >= 11 is 6.06. The summed E-state index contributed by atoms with van der Waals surface area (Å²) in [5, 5.41) is 9.87. The fourth-order valence-electron chi connectivity index (χ4n) is 3.19. The van der Waals surface area contributed by atoms with Gasteiger partial charge >= 0.3 is 5.97 Å². The first kappa shape index (κ1) is 15.2. The molecule has 110 valence electrons. The summed E-state index contributed by atoms with van der Waals surface area (Å²) in [6.45, 7) is 4.52. The van der Waals surface area contributed by atoms with Crippen LogP contribution in [0.3, 0.4) is 0 Å². The molecule has 1 aromatic rings. The Morgan fingerprint density at radius 1 is 1.40 bits per heavy atom. The maximum atomic E-state index is 11.2. The molecule has 3 atom stereocenters. The first-order valence-electron chi connectivity index (χ1n) is 7.23. The molecule has 0 aromatic heterocycles. The fraction of sp³-hybridized carbons (Fsp3) is 0.562. The van der Waals surface area contributed by atoms with E-state index in [-0.39, 0.29) is 12.6 Å². The van der Waals surface area contributed by atoms with Gasteiger partial charge in [0.1, 0.15) is 6.54 Å². The highest BCUT2D eigenvalue weighted by Crippen LogP contribution is 2.35. The second-order valence-electron chi connectivity index (χ2n) is 5.84. The van der Waals surface area contributed by atoms with E-state index in [1.807, 2.05) is 29.2 Å². The molecule has 0 heterocycles. The Morgan fingerprint density at radius 3 is 2.80 bits per heavy atom. The molecule has 1 aromatic carbocycles. The van der Waals surface area contributed by atoms with E-state index in [0.29, 0.717) is 16.9 Å². The second kappa shape index (κ2) is 6.49. The van der Waals surface area contributed by atoms with Crippen LogP contribution in [0.25, 0.3) is 0 Å². The summed E-state index contributed by atoms with van der Waals surface area (Å²) in [6.07, 6.45) is 3.44. The van der Waals surface area contributed by atoms with Crippen molar-refractivity contribution in [2.45, 2.75) is 39.2 Å². The van der Waals surface area contributed by atoms with Gasteiger partial charge in [0, 0.05) is 16.8 Å². The number of halogens is 1. The largest absolute Gasteiger partial charge is 0.480 e. The minimum atomic E-state index is -0.796. The monoisotopic (exact) mass is 295 g/mol. The average molecular weight is 296 g/mol. The zero-order valence-corrected chi connectivity index (χ0v) is 12.8. The molecule has 1 saturated carbocycles. The third-order valence-electron chi connectivity index (χ3n) is 4.51. The molecule has 0 radical (unpaired) electrons. The first-order valence-corrected chi connectivity index (χ1v) is 7.61. The lowest BCUT2D eigenvalue weighted by atomic mass is 9.77. The Morgan fingerprint density at radius 2 is 2.15 bits per heavy atom. The van der Waals surface area contributed by atoms with Gasteiger partial charge in [0.25, 0.3) is 0 Å². The summed E-state index contributed by atoms with van der Waals surface area (Å²) < 4.78 is 0. The van der Waals surface area contributed by atoms with Gasteiger partial charge in [-0.15, -0.1) is 0 Å². The van der Waals surface area contributed by atoms with Crippen molar-refractivity contribution < 1.29 is 9.90 Å². The zero-order chi connectivity index (χ0) is 14.7. The van der Waals surface area contributed by atoms with Crippen molar-refractivity contribution in [2.24, 2.45) is 11.8 Å². The molecule has 0 bridgehead atoms. The number of rotatable bonds is 4.